The summed E-state index contributed by atoms with van der Waals surface area (Å²) in [6.45, 7) is 5.54. The van der Waals surface area contributed by atoms with Crippen molar-refractivity contribution in [3.63, 3.8) is 0 Å². The Balaban J connectivity index is 2.03. The molecule has 2 atom stereocenters. The number of hydrogen-bond donors (Lipinski definition) is 0. The lowest BCUT2D eigenvalue weighted by atomic mass is 10.1. The summed E-state index contributed by atoms with van der Waals surface area (Å²) < 4.78 is 15.6. The highest BCUT2D eigenvalue weighted by Crippen LogP contribution is 2.28. The molecule has 1 aliphatic heterocycles. The molecule has 142 valence electrons. The van der Waals surface area contributed by atoms with E-state index >= 15 is 0 Å². The molecule has 0 bridgehead atoms. The van der Waals surface area contributed by atoms with E-state index in [9.17, 15) is 14.4 Å². The van der Waals surface area contributed by atoms with Gasteiger partial charge in [-0.25, -0.2) is 14.5 Å². The van der Waals surface area contributed by atoms with Gasteiger partial charge < -0.3 is 14.2 Å². The van der Waals surface area contributed by atoms with Crippen LogP contribution < -0.4 is 0 Å². The molecule has 1 aromatic rings. The Morgan fingerprint density at radius 3 is 2.42 bits per heavy atom. The number of benzene rings is 1. The minimum atomic E-state index is -0.993. The fraction of sp³-hybridized carbons (Fsp3) is 0.526. The predicted octanol–water partition coefficient (Wildman–Crippen LogP) is 2.53. The maximum absolute atomic E-state index is 12.6. The van der Waals surface area contributed by atoms with E-state index in [-0.39, 0.29) is 13.0 Å². The molecular formula is C19H25NO6. The van der Waals surface area contributed by atoms with Crippen LogP contribution in [0.4, 0.5) is 4.79 Å². The van der Waals surface area contributed by atoms with Crippen LogP contribution in [0.3, 0.4) is 0 Å². The maximum Gasteiger partial charge on any atom is 0.417 e. The number of imide groups is 1. The van der Waals surface area contributed by atoms with Crippen LogP contribution in [0.2, 0.25) is 0 Å². The standard InChI is InChI=1S/C19H25NO6/c1-19(2,3)26-18(23)20-15(17(22)24-4)10-14(16(20)21)12-25-11-13-8-6-5-7-9-13/h5-9,14-15H,10-12H2,1-4H3/t14-,15+/m1/s1. The van der Waals surface area contributed by atoms with E-state index in [4.69, 9.17) is 14.2 Å². The van der Waals surface area contributed by atoms with Crippen LogP contribution in [0.1, 0.15) is 32.8 Å². The van der Waals surface area contributed by atoms with Gasteiger partial charge in [0.05, 0.1) is 26.2 Å². The normalized spacial score (nSPS) is 20.2. The van der Waals surface area contributed by atoms with E-state index in [0.717, 1.165) is 10.5 Å². The van der Waals surface area contributed by atoms with Crippen LogP contribution in [-0.2, 0) is 30.4 Å². The van der Waals surface area contributed by atoms with Gasteiger partial charge in [0.15, 0.2) is 0 Å². The lowest BCUT2D eigenvalue weighted by molar-refractivity contribution is -0.149. The molecule has 0 N–H and O–H groups in total. The van der Waals surface area contributed by atoms with E-state index in [0.29, 0.717) is 6.61 Å². The maximum atomic E-state index is 12.6. The summed E-state index contributed by atoms with van der Waals surface area (Å²) in [4.78, 5) is 37.9. The number of carbonyl (C=O) groups is 3. The first-order valence-electron chi connectivity index (χ1n) is 8.48. The smallest absolute Gasteiger partial charge is 0.417 e. The predicted molar refractivity (Wildman–Crippen MR) is 93.1 cm³/mol. The molecule has 2 amide bonds. The molecule has 0 saturated carbocycles. The number of ether oxygens (including phenoxy) is 3. The van der Waals surface area contributed by atoms with Crippen LogP contribution in [0.25, 0.3) is 0 Å². The molecule has 1 heterocycles. The summed E-state index contributed by atoms with van der Waals surface area (Å²) in [7, 11) is 1.22. The molecule has 2 rings (SSSR count). The van der Waals surface area contributed by atoms with E-state index in [1.54, 1.807) is 20.8 Å². The number of hydrogen-bond acceptors (Lipinski definition) is 6. The van der Waals surface area contributed by atoms with Crippen molar-refractivity contribution in [2.75, 3.05) is 13.7 Å². The number of methoxy groups -OCH3 is 1. The van der Waals surface area contributed by atoms with Gasteiger partial charge >= 0.3 is 12.1 Å². The minimum absolute atomic E-state index is 0.112. The number of likely N-dealkylation sites (tertiary alicyclic amines) is 1. The van der Waals surface area contributed by atoms with Crippen LogP contribution >= 0.6 is 0 Å². The third-order valence-electron chi connectivity index (χ3n) is 3.90. The number of amides is 2. The highest BCUT2D eigenvalue weighted by Gasteiger charge is 2.48. The molecule has 1 fully saturated rings. The van der Waals surface area contributed by atoms with Crippen molar-refractivity contribution in [2.24, 2.45) is 5.92 Å². The number of nitrogens with zero attached hydrogens (tertiary/aromatic N) is 1. The van der Waals surface area contributed by atoms with Crippen molar-refractivity contribution in [2.45, 2.75) is 45.4 Å². The first-order valence-corrected chi connectivity index (χ1v) is 8.48. The van der Waals surface area contributed by atoms with Gasteiger partial charge in [0.2, 0.25) is 5.91 Å². The molecule has 0 aromatic heterocycles. The lowest BCUT2D eigenvalue weighted by Gasteiger charge is -2.26. The first kappa shape index (κ1) is 19.9. The molecule has 1 aromatic carbocycles. The van der Waals surface area contributed by atoms with Crippen molar-refractivity contribution in [3.05, 3.63) is 35.9 Å². The summed E-state index contributed by atoms with van der Waals surface area (Å²) in [5.74, 6) is -1.73. The van der Waals surface area contributed by atoms with E-state index in [2.05, 4.69) is 0 Å². The molecule has 1 aliphatic rings. The van der Waals surface area contributed by atoms with Crippen molar-refractivity contribution in [3.8, 4) is 0 Å². The van der Waals surface area contributed by atoms with Crippen molar-refractivity contribution in [1.82, 2.24) is 4.90 Å². The fourth-order valence-corrected chi connectivity index (χ4v) is 2.72. The molecule has 0 spiro atoms. The number of carbonyl (C=O) groups excluding carboxylic acids is 3. The van der Waals surface area contributed by atoms with Crippen molar-refractivity contribution in [1.29, 1.82) is 0 Å². The van der Waals surface area contributed by atoms with Gasteiger partial charge in [0, 0.05) is 0 Å². The summed E-state index contributed by atoms with van der Waals surface area (Å²) in [5, 5.41) is 0. The summed E-state index contributed by atoms with van der Waals surface area (Å²) in [6.07, 6.45) is -0.692. The Hall–Kier alpha value is -2.41. The molecule has 0 aliphatic carbocycles. The second kappa shape index (κ2) is 8.31. The molecule has 1 saturated heterocycles. The largest absolute Gasteiger partial charge is 0.467 e. The second-order valence-corrected chi connectivity index (χ2v) is 7.16. The zero-order valence-electron chi connectivity index (χ0n) is 15.6. The van der Waals surface area contributed by atoms with Crippen molar-refractivity contribution >= 4 is 18.0 Å². The summed E-state index contributed by atoms with van der Waals surface area (Å²) in [6, 6.07) is 8.55. The monoisotopic (exact) mass is 363 g/mol. The van der Waals surface area contributed by atoms with Gasteiger partial charge in [0.1, 0.15) is 11.6 Å². The average Bonchev–Trinajstić information content (AvgIpc) is 2.90. The Kier molecular flexibility index (Phi) is 6.37. The average molecular weight is 363 g/mol. The lowest BCUT2D eigenvalue weighted by Crippen LogP contribution is -2.46. The topological polar surface area (TPSA) is 82.1 Å². The van der Waals surface area contributed by atoms with E-state index in [1.807, 2.05) is 30.3 Å². The van der Waals surface area contributed by atoms with Crippen LogP contribution in [0.5, 0.6) is 0 Å². The first-order chi connectivity index (χ1) is 12.2. The molecule has 0 radical (unpaired) electrons. The molecule has 0 unspecified atom stereocenters. The van der Waals surface area contributed by atoms with Gasteiger partial charge in [-0.15, -0.1) is 0 Å². The Morgan fingerprint density at radius 2 is 1.85 bits per heavy atom. The third-order valence-corrected chi connectivity index (χ3v) is 3.90. The Labute approximate surface area is 153 Å². The van der Waals surface area contributed by atoms with Crippen LogP contribution in [0.15, 0.2) is 30.3 Å². The van der Waals surface area contributed by atoms with E-state index < -0.39 is 35.5 Å². The SMILES string of the molecule is COC(=O)[C@@H]1C[C@H](COCc2ccccc2)C(=O)N1C(=O)OC(C)(C)C. The van der Waals surface area contributed by atoms with Gasteiger partial charge in [-0.3, -0.25) is 4.79 Å². The number of esters is 1. The van der Waals surface area contributed by atoms with Crippen LogP contribution in [-0.4, -0.2) is 48.2 Å². The fourth-order valence-electron chi connectivity index (χ4n) is 2.72. The molecular weight excluding hydrogens is 338 g/mol. The van der Waals surface area contributed by atoms with Gasteiger partial charge in [-0.1, -0.05) is 30.3 Å². The second-order valence-electron chi connectivity index (χ2n) is 7.16. The zero-order valence-corrected chi connectivity index (χ0v) is 15.6. The molecule has 26 heavy (non-hydrogen) atoms. The molecule has 7 nitrogen and oxygen atoms in total. The highest BCUT2D eigenvalue weighted by molar-refractivity contribution is 6.00. The van der Waals surface area contributed by atoms with Gasteiger partial charge in [0.25, 0.3) is 0 Å². The van der Waals surface area contributed by atoms with E-state index in [1.165, 1.54) is 7.11 Å². The number of rotatable bonds is 5. The quantitative estimate of drug-likeness (QED) is 0.748. The van der Waals surface area contributed by atoms with Crippen molar-refractivity contribution < 1.29 is 28.6 Å². The minimum Gasteiger partial charge on any atom is -0.467 e. The Bertz CT molecular complexity index is 652. The summed E-state index contributed by atoms with van der Waals surface area (Å²) >= 11 is 0. The zero-order chi connectivity index (χ0) is 19.3. The van der Waals surface area contributed by atoms with Gasteiger partial charge in [-0.05, 0) is 32.8 Å². The Morgan fingerprint density at radius 1 is 1.19 bits per heavy atom. The van der Waals surface area contributed by atoms with Gasteiger partial charge in [-0.2, -0.15) is 0 Å². The third kappa shape index (κ3) is 5.05. The molecule has 7 heteroatoms. The highest BCUT2D eigenvalue weighted by atomic mass is 16.6. The van der Waals surface area contributed by atoms with Crippen LogP contribution in [0, 0.1) is 5.92 Å². The summed E-state index contributed by atoms with van der Waals surface area (Å²) in [5.41, 5.74) is 0.200.